The van der Waals surface area contributed by atoms with Crippen molar-refractivity contribution < 1.29 is 28.6 Å². The van der Waals surface area contributed by atoms with E-state index in [1.807, 2.05) is 0 Å². The molecule has 78 heavy (non-hydrogen) atoms. The first-order chi connectivity index (χ1) is 38.5. The highest BCUT2D eigenvalue weighted by Gasteiger charge is 2.19. The average molecular weight is 1100 g/mol. The molecule has 0 rings (SSSR count). The second kappa shape index (κ2) is 67.4. The average Bonchev–Trinajstić information content (AvgIpc) is 3.44. The Balaban J connectivity index is 4.05. The maximum absolute atomic E-state index is 12.9. The van der Waals surface area contributed by atoms with Crippen LogP contribution in [0.25, 0.3) is 0 Å². The zero-order chi connectivity index (χ0) is 56.4. The predicted molar refractivity (Wildman–Crippen MR) is 340 cm³/mol. The van der Waals surface area contributed by atoms with Gasteiger partial charge in [-0.1, -0.05) is 334 Å². The van der Waals surface area contributed by atoms with Crippen molar-refractivity contribution in [1.82, 2.24) is 0 Å². The molecule has 6 nitrogen and oxygen atoms in total. The van der Waals surface area contributed by atoms with E-state index < -0.39 is 6.10 Å². The highest BCUT2D eigenvalue weighted by Crippen LogP contribution is 2.18. The topological polar surface area (TPSA) is 78.9 Å². The van der Waals surface area contributed by atoms with E-state index in [2.05, 4.69) is 45.1 Å². The van der Waals surface area contributed by atoms with Gasteiger partial charge in [0.05, 0.1) is 0 Å². The molecule has 0 aromatic carbocycles. The molecule has 0 saturated heterocycles. The fourth-order valence-electron chi connectivity index (χ4n) is 10.8. The summed E-state index contributed by atoms with van der Waals surface area (Å²) in [5.41, 5.74) is 0. The highest BCUT2D eigenvalue weighted by atomic mass is 16.6. The third-order valence-electron chi connectivity index (χ3n) is 16.2. The molecule has 0 aliphatic heterocycles. The first kappa shape index (κ1) is 75.9. The van der Waals surface area contributed by atoms with Gasteiger partial charge in [-0.3, -0.25) is 14.4 Å². The lowest BCUT2D eigenvalue weighted by atomic mass is 10.0. The third kappa shape index (κ3) is 64.7. The Labute approximate surface area is 487 Å². The number of esters is 3. The fraction of sp³-hybridized carbons (Fsp3) is 0.903. The van der Waals surface area contributed by atoms with Gasteiger partial charge in [0.25, 0.3) is 0 Å². The van der Waals surface area contributed by atoms with Crippen molar-refractivity contribution in [3.8, 4) is 0 Å². The Kier molecular flexibility index (Phi) is 65.6. The molecule has 0 spiro atoms. The Morgan fingerprint density at radius 3 is 0.641 bits per heavy atom. The molecular formula is C72H136O6. The lowest BCUT2D eigenvalue weighted by Crippen LogP contribution is -2.30. The molecule has 0 aliphatic carbocycles. The van der Waals surface area contributed by atoms with Crippen LogP contribution < -0.4 is 0 Å². The largest absolute Gasteiger partial charge is 0.462 e. The number of unbranched alkanes of at least 4 members (excludes halogenated alkanes) is 51. The molecule has 0 aliphatic rings. The summed E-state index contributed by atoms with van der Waals surface area (Å²) in [7, 11) is 0. The van der Waals surface area contributed by atoms with E-state index in [9.17, 15) is 14.4 Å². The molecule has 0 saturated carbocycles. The van der Waals surface area contributed by atoms with Crippen molar-refractivity contribution in [2.45, 2.75) is 406 Å². The molecule has 0 fully saturated rings. The number of rotatable bonds is 66. The van der Waals surface area contributed by atoms with E-state index in [0.717, 1.165) is 57.8 Å². The van der Waals surface area contributed by atoms with Crippen LogP contribution in [0, 0.1) is 0 Å². The minimum atomic E-state index is -0.767. The molecule has 6 heteroatoms. The van der Waals surface area contributed by atoms with Crippen molar-refractivity contribution in [3.63, 3.8) is 0 Å². The summed E-state index contributed by atoms with van der Waals surface area (Å²) in [6.07, 6.45) is 82.4. The van der Waals surface area contributed by atoms with E-state index in [1.54, 1.807) is 0 Å². The van der Waals surface area contributed by atoms with Crippen LogP contribution in [-0.4, -0.2) is 37.2 Å². The van der Waals surface area contributed by atoms with Gasteiger partial charge in [0.1, 0.15) is 13.2 Å². The van der Waals surface area contributed by atoms with Crippen molar-refractivity contribution in [3.05, 3.63) is 24.3 Å². The van der Waals surface area contributed by atoms with Gasteiger partial charge in [-0.15, -0.1) is 0 Å². The number of allylic oxidation sites excluding steroid dienone is 4. The summed E-state index contributed by atoms with van der Waals surface area (Å²) in [4.78, 5) is 38.2. The monoisotopic (exact) mass is 1100 g/mol. The van der Waals surface area contributed by atoms with E-state index in [1.165, 1.54) is 302 Å². The first-order valence-corrected chi connectivity index (χ1v) is 35.3. The Morgan fingerprint density at radius 2 is 0.423 bits per heavy atom. The lowest BCUT2D eigenvalue weighted by Gasteiger charge is -2.18. The Morgan fingerprint density at radius 1 is 0.244 bits per heavy atom. The molecule has 0 aromatic heterocycles. The van der Waals surface area contributed by atoms with E-state index in [-0.39, 0.29) is 31.1 Å². The minimum absolute atomic E-state index is 0.0657. The number of carbonyl (C=O) groups is 3. The molecule has 0 N–H and O–H groups in total. The van der Waals surface area contributed by atoms with Crippen LogP contribution in [0.3, 0.4) is 0 Å². The van der Waals surface area contributed by atoms with Gasteiger partial charge < -0.3 is 14.2 Å². The number of hydrogen-bond donors (Lipinski definition) is 0. The summed E-state index contributed by atoms with van der Waals surface area (Å²) in [6.45, 7) is 6.68. The molecule has 0 heterocycles. The summed E-state index contributed by atoms with van der Waals surface area (Å²) in [5, 5.41) is 0. The summed E-state index contributed by atoms with van der Waals surface area (Å²) in [5.74, 6) is -0.843. The number of ether oxygens (including phenoxy) is 3. The fourth-order valence-corrected chi connectivity index (χ4v) is 10.8. The van der Waals surface area contributed by atoms with Gasteiger partial charge in [0, 0.05) is 19.3 Å². The van der Waals surface area contributed by atoms with Crippen LogP contribution in [0.5, 0.6) is 0 Å². The molecule has 1 unspecified atom stereocenters. The van der Waals surface area contributed by atoms with Crippen LogP contribution in [-0.2, 0) is 28.6 Å². The minimum Gasteiger partial charge on any atom is -0.462 e. The molecule has 460 valence electrons. The SMILES string of the molecule is CCCCCCCCCC/C=C\CCCCCCCCCCCCCCCCCCCC(=O)OCC(COC(=O)CCCCCCCCCC)OC(=O)CCCCCCCCCCCCC/C=C\CCCCCCCCCC. The highest BCUT2D eigenvalue weighted by molar-refractivity contribution is 5.71. The third-order valence-corrected chi connectivity index (χ3v) is 16.2. The van der Waals surface area contributed by atoms with Crippen molar-refractivity contribution in [2.75, 3.05) is 13.2 Å². The summed E-state index contributed by atoms with van der Waals surface area (Å²) >= 11 is 0. The molecule has 0 radical (unpaired) electrons. The second-order valence-electron chi connectivity index (χ2n) is 24.1. The van der Waals surface area contributed by atoms with E-state index in [4.69, 9.17) is 14.2 Å². The van der Waals surface area contributed by atoms with E-state index >= 15 is 0 Å². The molecule has 0 aromatic rings. The van der Waals surface area contributed by atoms with Gasteiger partial charge in [0.15, 0.2) is 6.10 Å². The zero-order valence-electron chi connectivity index (χ0n) is 53.0. The van der Waals surface area contributed by atoms with Crippen molar-refractivity contribution >= 4 is 17.9 Å². The maximum Gasteiger partial charge on any atom is 0.306 e. The van der Waals surface area contributed by atoms with Gasteiger partial charge in [-0.2, -0.15) is 0 Å². The standard InChI is InChI=1S/C72H136O6/c1-4-7-10-13-16-19-21-23-25-27-29-31-33-34-35-36-37-38-40-41-43-45-47-49-51-53-56-59-62-65-71(74)77-68-69(67-76-70(73)64-61-58-55-18-15-12-9-6-3)78-72(75)66-63-60-57-54-52-50-48-46-44-42-39-32-30-28-26-24-22-20-17-14-11-8-5-2/h27-30,69H,4-26,31-68H2,1-3H3/b29-27-,30-28-. The van der Waals surface area contributed by atoms with Crippen molar-refractivity contribution in [2.24, 2.45) is 0 Å². The first-order valence-electron chi connectivity index (χ1n) is 35.3. The van der Waals surface area contributed by atoms with Gasteiger partial charge >= 0.3 is 17.9 Å². The number of carbonyl (C=O) groups excluding carboxylic acids is 3. The van der Waals surface area contributed by atoms with Crippen LogP contribution >= 0.6 is 0 Å². The molecule has 0 amide bonds. The Hall–Kier alpha value is -2.11. The molecule has 1 atom stereocenters. The second-order valence-corrected chi connectivity index (χ2v) is 24.1. The normalized spacial score (nSPS) is 12.1. The van der Waals surface area contributed by atoms with Crippen LogP contribution in [0.4, 0.5) is 0 Å². The van der Waals surface area contributed by atoms with Crippen LogP contribution in [0.1, 0.15) is 400 Å². The Bertz CT molecular complexity index is 1260. The van der Waals surface area contributed by atoms with Crippen molar-refractivity contribution in [1.29, 1.82) is 0 Å². The predicted octanol–water partition coefficient (Wildman–Crippen LogP) is 24.2. The van der Waals surface area contributed by atoms with Gasteiger partial charge in [-0.25, -0.2) is 0 Å². The number of hydrogen-bond acceptors (Lipinski definition) is 6. The van der Waals surface area contributed by atoms with Crippen LogP contribution in [0.2, 0.25) is 0 Å². The summed E-state index contributed by atoms with van der Waals surface area (Å²) in [6, 6.07) is 0. The van der Waals surface area contributed by atoms with E-state index in [0.29, 0.717) is 19.3 Å². The zero-order valence-corrected chi connectivity index (χ0v) is 53.0. The smallest absolute Gasteiger partial charge is 0.306 e. The molecule has 0 bridgehead atoms. The summed E-state index contributed by atoms with van der Waals surface area (Å²) < 4.78 is 16.9. The quantitative estimate of drug-likeness (QED) is 0.0261. The van der Waals surface area contributed by atoms with Gasteiger partial charge in [-0.05, 0) is 70.6 Å². The lowest BCUT2D eigenvalue weighted by molar-refractivity contribution is -0.167. The molecular weight excluding hydrogens is 961 g/mol. The van der Waals surface area contributed by atoms with Crippen LogP contribution in [0.15, 0.2) is 24.3 Å². The maximum atomic E-state index is 12.9. The van der Waals surface area contributed by atoms with Gasteiger partial charge in [0.2, 0.25) is 0 Å².